The third-order valence-corrected chi connectivity index (χ3v) is 3.07. The zero-order chi connectivity index (χ0) is 15.4. The molecule has 23 heavy (non-hydrogen) atoms. The van der Waals surface area contributed by atoms with Crippen molar-refractivity contribution in [2.24, 2.45) is 0 Å². The summed E-state index contributed by atoms with van der Waals surface area (Å²) in [6.45, 7) is 2.04. The molecular weight excluding hydrogens is 314 g/mol. The Morgan fingerprint density at radius 3 is 2.78 bits per heavy atom. The Morgan fingerprint density at radius 2 is 2.04 bits per heavy atom. The molecule has 0 bridgehead atoms. The topological polar surface area (TPSA) is 79.8 Å². The molecule has 2 N–H and O–H groups in total. The van der Waals surface area contributed by atoms with E-state index in [2.05, 4.69) is 25.6 Å². The number of pyridine rings is 3. The lowest BCUT2D eigenvalue weighted by Crippen LogP contribution is -2.10. The molecule has 0 radical (unpaired) electrons. The first-order chi connectivity index (χ1) is 10.7. The molecule has 0 atom stereocenters. The molecule has 0 spiro atoms. The maximum Gasteiger partial charge on any atom is 0.222 e. The highest BCUT2D eigenvalue weighted by Crippen LogP contribution is 2.23. The molecule has 6 nitrogen and oxygen atoms in total. The number of anilines is 2. The van der Waals surface area contributed by atoms with Gasteiger partial charge >= 0.3 is 0 Å². The summed E-state index contributed by atoms with van der Waals surface area (Å²) >= 11 is 0. The molecule has 118 valence electrons. The van der Waals surface area contributed by atoms with Crippen LogP contribution in [0.25, 0.3) is 10.9 Å². The van der Waals surface area contributed by atoms with Crippen LogP contribution in [0.5, 0.6) is 0 Å². The maximum absolute atomic E-state index is 11.2. The van der Waals surface area contributed by atoms with E-state index in [9.17, 15) is 4.79 Å². The average Bonchev–Trinajstić information content (AvgIpc) is 2.53. The van der Waals surface area contributed by atoms with Gasteiger partial charge in [-0.15, -0.1) is 12.4 Å². The second kappa shape index (κ2) is 7.51. The Kier molecular flexibility index (Phi) is 5.43. The molecule has 0 aliphatic carbocycles. The van der Waals surface area contributed by atoms with Gasteiger partial charge < -0.3 is 10.6 Å². The number of fused-ring (bicyclic) bond motifs is 1. The van der Waals surface area contributed by atoms with Gasteiger partial charge in [0.25, 0.3) is 0 Å². The Morgan fingerprint density at radius 1 is 1.22 bits per heavy atom. The number of amides is 1. The molecule has 3 rings (SSSR count). The molecule has 3 heterocycles. The van der Waals surface area contributed by atoms with Gasteiger partial charge in [0.1, 0.15) is 11.3 Å². The highest BCUT2D eigenvalue weighted by atomic mass is 35.5. The molecule has 7 heteroatoms. The molecule has 0 saturated carbocycles. The summed E-state index contributed by atoms with van der Waals surface area (Å²) in [5, 5.41) is 6.87. The van der Waals surface area contributed by atoms with E-state index >= 15 is 0 Å². The fourth-order valence-electron chi connectivity index (χ4n) is 2.14. The molecule has 0 saturated heterocycles. The number of hydrogen-bond acceptors (Lipinski definition) is 5. The van der Waals surface area contributed by atoms with Crippen LogP contribution in [-0.4, -0.2) is 20.9 Å². The summed E-state index contributed by atoms with van der Waals surface area (Å²) in [6, 6.07) is 9.45. The Labute approximate surface area is 139 Å². The number of carbonyl (C=O) groups is 1. The minimum absolute atomic E-state index is 0. The van der Waals surface area contributed by atoms with Gasteiger partial charge in [-0.1, -0.05) is 12.1 Å². The smallest absolute Gasteiger partial charge is 0.222 e. The van der Waals surface area contributed by atoms with Gasteiger partial charge in [-0.2, -0.15) is 0 Å². The lowest BCUT2D eigenvalue weighted by molar-refractivity contribution is -0.114. The highest BCUT2D eigenvalue weighted by Gasteiger charge is 2.08. The second-order valence-corrected chi connectivity index (χ2v) is 4.83. The predicted molar refractivity (Wildman–Crippen MR) is 92.7 cm³/mol. The Bertz CT molecular complexity index is 810. The van der Waals surface area contributed by atoms with Gasteiger partial charge in [-0.25, -0.2) is 4.98 Å². The first-order valence-corrected chi connectivity index (χ1v) is 6.88. The van der Waals surface area contributed by atoms with Crippen LogP contribution in [0.1, 0.15) is 12.5 Å². The fourth-order valence-corrected chi connectivity index (χ4v) is 2.14. The molecule has 3 aromatic heterocycles. The molecular formula is C16H16ClN5O. The largest absolute Gasteiger partial charge is 0.364 e. The summed E-state index contributed by atoms with van der Waals surface area (Å²) in [7, 11) is 0. The van der Waals surface area contributed by atoms with E-state index in [1.54, 1.807) is 24.7 Å². The van der Waals surface area contributed by atoms with Crippen LogP contribution in [0, 0.1) is 0 Å². The molecule has 0 fully saturated rings. The first-order valence-electron chi connectivity index (χ1n) is 6.88. The van der Waals surface area contributed by atoms with Crippen LogP contribution in [0.2, 0.25) is 0 Å². The summed E-state index contributed by atoms with van der Waals surface area (Å²) in [5.74, 6) is 0.973. The zero-order valence-electron chi connectivity index (χ0n) is 12.5. The number of nitrogens with zero attached hydrogens (tertiary/aromatic N) is 3. The van der Waals surface area contributed by atoms with Crippen molar-refractivity contribution in [3.63, 3.8) is 0 Å². The van der Waals surface area contributed by atoms with E-state index in [4.69, 9.17) is 0 Å². The minimum atomic E-state index is -0.158. The van der Waals surface area contributed by atoms with Gasteiger partial charge in [-0.3, -0.25) is 14.8 Å². The van der Waals surface area contributed by atoms with Crippen molar-refractivity contribution in [2.45, 2.75) is 13.5 Å². The number of carbonyl (C=O) groups excluding carboxylic acids is 1. The van der Waals surface area contributed by atoms with E-state index in [0.717, 1.165) is 16.5 Å². The van der Waals surface area contributed by atoms with Crippen LogP contribution >= 0.6 is 12.4 Å². The van der Waals surface area contributed by atoms with Crippen molar-refractivity contribution in [2.75, 3.05) is 10.6 Å². The molecule has 0 aliphatic rings. The van der Waals surface area contributed by atoms with E-state index < -0.39 is 0 Å². The Hall–Kier alpha value is -2.73. The van der Waals surface area contributed by atoms with Gasteiger partial charge in [0.2, 0.25) is 5.91 Å². The number of rotatable bonds is 4. The predicted octanol–water partition coefficient (Wildman–Crippen LogP) is 3.02. The van der Waals surface area contributed by atoms with Gasteiger partial charge in [0.15, 0.2) is 5.82 Å². The van der Waals surface area contributed by atoms with E-state index in [-0.39, 0.29) is 18.3 Å². The number of halogens is 1. The van der Waals surface area contributed by atoms with Gasteiger partial charge in [0.05, 0.1) is 0 Å². The number of nitrogens with one attached hydrogen (secondary N) is 2. The third kappa shape index (κ3) is 4.14. The summed E-state index contributed by atoms with van der Waals surface area (Å²) in [5.41, 5.74) is 1.80. The van der Waals surface area contributed by atoms with Crippen molar-refractivity contribution in [3.05, 3.63) is 54.5 Å². The van der Waals surface area contributed by atoms with Crippen LogP contribution in [-0.2, 0) is 11.3 Å². The van der Waals surface area contributed by atoms with Crippen molar-refractivity contribution in [1.29, 1.82) is 0 Å². The molecule has 1 amide bonds. The quantitative estimate of drug-likeness (QED) is 0.769. The van der Waals surface area contributed by atoms with Crippen LogP contribution in [0.4, 0.5) is 11.6 Å². The number of hydrogen-bond donors (Lipinski definition) is 2. The van der Waals surface area contributed by atoms with E-state index in [0.29, 0.717) is 18.2 Å². The minimum Gasteiger partial charge on any atom is -0.364 e. The number of aromatic nitrogens is 3. The summed E-state index contributed by atoms with van der Waals surface area (Å²) < 4.78 is 0. The average molecular weight is 330 g/mol. The van der Waals surface area contributed by atoms with Crippen LogP contribution in [0.15, 0.2) is 48.9 Å². The lowest BCUT2D eigenvalue weighted by Gasteiger charge is -2.11. The normalized spacial score (nSPS) is 9.96. The third-order valence-electron chi connectivity index (χ3n) is 3.07. The van der Waals surface area contributed by atoms with E-state index in [1.165, 1.54) is 6.92 Å². The monoisotopic (exact) mass is 329 g/mol. The molecule has 0 aromatic carbocycles. The van der Waals surface area contributed by atoms with Gasteiger partial charge in [-0.05, 0) is 23.8 Å². The van der Waals surface area contributed by atoms with Crippen LogP contribution < -0.4 is 10.6 Å². The van der Waals surface area contributed by atoms with Gasteiger partial charge in [0, 0.05) is 37.4 Å². The van der Waals surface area contributed by atoms with Crippen molar-refractivity contribution >= 4 is 40.9 Å². The van der Waals surface area contributed by atoms with Crippen LogP contribution in [0.3, 0.4) is 0 Å². The fraction of sp³-hybridized carbons (Fsp3) is 0.125. The van der Waals surface area contributed by atoms with E-state index in [1.807, 2.05) is 24.3 Å². The SMILES string of the molecule is CC(=O)Nc1cc2cccnc2c(NCc2cccnc2)n1.Cl. The highest BCUT2D eigenvalue weighted by molar-refractivity contribution is 5.94. The van der Waals surface area contributed by atoms with Crippen molar-refractivity contribution < 1.29 is 4.79 Å². The maximum atomic E-state index is 11.2. The first kappa shape index (κ1) is 16.6. The van der Waals surface area contributed by atoms with Crippen molar-refractivity contribution in [1.82, 2.24) is 15.0 Å². The molecule has 3 aromatic rings. The lowest BCUT2D eigenvalue weighted by atomic mass is 10.2. The standard InChI is InChI=1S/C16H15N5O.ClH/c1-11(22)20-14-8-13-5-3-7-18-15(13)16(21-14)19-10-12-4-2-6-17-9-12;/h2-9H,10H2,1H3,(H2,19,20,21,22);1H. The van der Waals surface area contributed by atoms with Crippen molar-refractivity contribution in [3.8, 4) is 0 Å². The summed E-state index contributed by atoms with van der Waals surface area (Å²) in [4.78, 5) is 24.1. The molecule has 0 aliphatic heterocycles. The molecule has 0 unspecified atom stereocenters. The Balaban J connectivity index is 0.00000192. The summed E-state index contributed by atoms with van der Waals surface area (Å²) in [6.07, 6.45) is 5.24. The zero-order valence-corrected chi connectivity index (χ0v) is 13.3. The second-order valence-electron chi connectivity index (χ2n) is 4.83.